The highest BCUT2D eigenvalue weighted by Gasteiger charge is 2.19. The van der Waals surface area contributed by atoms with Crippen LogP contribution < -0.4 is 5.32 Å². The summed E-state index contributed by atoms with van der Waals surface area (Å²) in [5, 5.41) is 13.2. The summed E-state index contributed by atoms with van der Waals surface area (Å²) in [7, 11) is 0. The third kappa shape index (κ3) is 3.06. The Balaban J connectivity index is 2.22. The minimum atomic E-state index is -0.647. The highest BCUT2D eigenvalue weighted by Crippen LogP contribution is 2.30. The van der Waals surface area contributed by atoms with Crippen LogP contribution in [0.25, 0.3) is 0 Å². The lowest BCUT2D eigenvalue weighted by Crippen LogP contribution is -2.23. The summed E-state index contributed by atoms with van der Waals surface area (Å²) < 4.78 is 0. The van der Waals surface area contributed by atoms with Crippen molar-refractivity contribution in [2.75, 3.05) is 0 Å². The number of benzene rings is 1. The van der Waals surface area contributed by atoms with E-state index in [1.165, 1.54) is 0 Å². The summed E-state index contributed by atoms with van der Waals surface area (Å²) in [6.07, 6.45) is 3.15. The number of hydrogen-bond donors (Lipinski definition) is 2. The number of carbonyl (C=O) groups is 1. The van der Waals surface area contributed by atoms with Crippen LogP contribution in [0.4, 0.5) is 5.69 Å². The van der Waals surface area contributed by atoms with Gasteiger partial charge in [-0.3, -0.25) is 14.9 Å². The molecule has 9 heteroatoms. The van der Waals surface area contributed by atoms with E-state index in [0.29, 0.717) is 5.82 Å². The van der Waals surface area contributed by atoms with Crippen molar-refractivity contribution < 1.29 is 9.72 Å². The van der Waals surface area contributed by atoms with E-state index in [1.54, 1.807) is 12.4 Å². The van der Waals surface area contributed by atoms with E-state index >= 15 is 0 Å². The molecule has 0 aliphatic rings. The van der Waals surface area contributed by atoms with Gasteiger partial charge in [0.15, 0.2) is 0 Å². The average molecular weight is 315 g/mol. The van der Waals surface area contributed by atoms with Crippen LogP contribution in [0.1, 0.15) is 16.2 Å². The molecule has 20 heavy (non-hydrogen) atoms. The third-order valence-electron chi connectivity index (χ3n) is 2.44. The maximum absolute atomic E-state index is 12.0. The summed E-state index contributed by atoms with van der Waals surface area (Å²) in [6, 6.07) is 2.17. The molecule has 2 rings (SSSR count). The van der Waals surface area contributed by atoms with Gasteiger partial charge in [-0.05, 0) is 0 Å². The first kappa shape index (κ1) is 14.3. The summed E-state index contributed by atoms with van der Waals surface area (Å²) in [5.41, 5.74) is -0.361. The van der Waals surface area contributed by atoms with Crippen molar-refractivity contribution in [2.24, 2.45) is 0 Å². The molecule has 1 heterocycles. The van der Waals surface area contributed by atoms with E-state index in [9.17, 15) is 14.9 Å². The van der Waals surface area contributed by atoms with Crippen LogP contribution in [0, 0.1) is 10.1 Å². The van der Waals surface area contributed by atoms with Gasteiger partial charge in [0, 0.05) is 24.5 Å². The van der Waals surface area contributed by atoms with E-state index < -0.39 is 10.8 Å². The topological polar surface area (TPSA) is 101 Å². The number of non-ortho nitro benzene ring substituents is 1. The zero-order chi connectivity index (χ0) is 14.7. The molecule has 1 aromatic heterocycles. The monoisotopic (exact) mass is 314 g/mol. The van der Waals surface area contributed by atoms with Crippen molar-refractivity contribution in [3.8, 4) is 0 Å². The van der Waals surface area contributed by atoms with Crippen molar-refractivity contribution in [2.45, 2.75) is 6.54 Å². The molecule has 0 radical (unpaired) electrons. The molecule has 0 aliphatic heterocycles. The van der Waals surface area contributed by atoms with Crippen LogP contribution in [-0.4, -0.2) is 20.8 Å². The van der Waals surface area contributed by atoms with Gasteiger partial charge in [0.25, 0.3) is 11.6 Å². The Bertz CT molecular complexity index is 658. The Labute approximate surface area is 123 Å². The zero-order valence-corrected chi connectivity index (χ0v) is 11.4. The largest absolute Gasteiger partial charge is 0.347 e. The van der Waals surface area contributed by atoms with E-state index in [1.807, 2.05) is 0 Å². The summed E-state index contributed by atoms with van der Waals surface area (Å²) >= 11 is 11.7. The Morgan fingerprint density at radius 1 is 1.45 bits per heavy atom. The van der Waals surface area contributed by atoms with E-state index in [2.05, 4.69) is 15.3 Å². The molecule has 0 saturated heterocycles. The molecule has 1 aromatic carbocycles. The minimum Gasteiger partial charge on any atom is -0.347 e. The van der Waals surface area contributed by atoms with Crippen molar-refractivity contribution in [3.63, 3.8) is 0 Å². The number of imidazole rings is 1. The minimum absolute atomic E-state index is 0.0331. The van der Waals surface area contributed by atoms with Crippen LogP contribution in [0.15, 0.2) is 24.5 Å². The molecule has 104 valence electrons. The molecule has 0 atom stereocenters. The highest BCUT2D eigenvalue weighted by atomic mass is 35.5. The second-order valence-corrected chi connectivity index (χ2v) is 4.55. The Morgan fingerprint density at radius 2 is 2.20 bits per heavy atom. The smallest absolute Gasteiger partial charge is 0.271 e. The van der Waals surface area contributed by atoms with Crippen molar-refractivity contribution in [3.05, 3.63) is 56.1 Å². The van der Waals surface area contributed by atoms with E-state index in [4.69, 9.17) is 23.2 Å². The number of halogens is 2. The molecule has 2 N–H and O–H groups in total. The number of carbonyl (C=O) groups excluding carboxylic acids is 1. The predicted molar refractivity (Wildman–Crippen MR) is 72.9 cm³/mol. The second-order valence-electron chi connectivity index (χ2n) is 3.76. The molecule has 0 spiro atoms. The number of hydrogen-bond acceptors (Lipinski definition) is 4. The lowest BCUT2D eigenvalue weighted by atomic mass is 10.2. The second kappa shape index (κ2) is 5.89. The van der Waals surface area contributed by atoms with Gasteiger partial charge in [-0.2, -0.15) is 0 Å². The van der Waals surface area contributed by atoms with Gasteiger partial charge in [0.05, 0.1) is 27.1 Å². The molecular formula is C11H8Cl2N4O3. The quantitative estimate of drug-likeness (QED) is 0.668. The molecule has 7 nitrogen and oxygen atoms in total. The molecule has 0 unspecified atom stereocenters. The fourth-order valence-corrected chi connectivity index (χ4v) is 1.91. The van der Waals surface area contributed by atoms with Gasteiger partial charge >= 0.3 is 0 Å². The van der Waals surface area contributed by atoms with Gasteiger partial charge in [-0.15, -0.1) is 0 Å². The van der Waals surface area contributed by atoms with Crippen molar-refractivity contribution in [1.82, 2.24) is 15.3 Å². The molecule has 0 saturated carbocycles. The van der Waals surface area contributed by atoms with Crippen LogP contribution in [0.2, 0.25) is 10.0 Å². The van der Waals surface area contributed by atoms with Crippen LogP contribution in [0.5, 0.6) is 0 Å². The molecule has 0 aliphatic carbocycles. The summed E-state index contributed by atoms with van der Waals surface area (Å²) in [4.78, 5) is 28.8. The number of nitro groups is 1. The van der Waals surface area contributed by atoms with Crippen LogP contribution in [0.3, 0.4) is 0 Å². The third-order valence-corrected chi connectivity index (χ3v) is 3.24. The van der Waals surface area contributed by atoms with Crippen LogP contribution >= 0.6 is 23.2 Å². The van der Waals surface area contributed by atoms with Gasteiger partial charge in [0.2, 0.25) is 0 Å². The maximum Gasteiger partial charge on any atom is 0.271 e. The fraction of sp³-hybridized carbons (Fsp3) is 0.0909. The number of nitrogens with one attached hydrogen (secondary N) is 2. The van der Waals surface area contributed by atoms with Crippen molar-refractivity contribution >= 4 is 34.8 Å². The predicted octanol–water partition coefficient (Wildman–Crippen LogP) is 2.55. The van der Waals surface area contributed by atoms with Gasteiger partial charge in [-0.1, -0.05) is 23.2 Å². The van der Waals surface area contributed by atoms with Crippen molar-refractivity contribution in [1.29, 1.82) is 0 Å². The normalized spacial score (nSPS) is 10.3. The molecule has 2 aromatic rings. The molecule has 0 bridgehead atoms. The number of aromatic amines is 1. The molecule has 0 fully saturated rings. The first-order valence-electron chi connectivity index (χ1n) is 5.39. The number of rotatable bonds is 4. The summed E-state index contributed by atoms with van der Waals surface area (Å²) in [6.45, 7) is 0.141. The number of aromatic nitrogens is 2. The Morgan fingerprint density at radius 3 is 2.80 bits per heavy atom. The highest BCUT2D eigenvalue weighted by molar-refractivity contribution is 6.44. The number of amides is 1. The number of H-pyrrole nitrogens is 1. The molecular weight excluding hydrogens is 307 g/mol. The van der Waals surface area contributed by atoms with Gasteiger partial charge in [0.1, 0.15) is 5.82 Å². The standard InChI is InChI=1S/C11H8Cl2N4O3/c12-8-4-6(17(19)20)3-7(10(8)13)11(18)16-5-9-14-1-2-15-9/h1-4H,5H2,(H,14,15)(H,16,18). The van der Waals surface area contributed by atoms with E-state index in [-0.39, 0.29) is 27.8 Å². The SMILES string of the molecule is O=C(NCc1ncc[nH]1)c1cc([N+](=O)[O-])cc(Cl)c1Cl. The van der Waals surface area contributed by atoms with Gasteiger partial charge < -0.3 is 10.3 Å². The zero-order valence-electron chi connectivity index (χ0n) is 9.89. The Hall–Kier alpha value is -2.12. The summed E-state index contributed by atoms with van der Waals surface area (Å²) in [5.74, 6) is -0.0250. The van der Waals surface area contributed by atoms with Crippen LogP contribution in [-0.2, 0) is 6.54 Å². The number of nitrogens with zero attached hydrogens (tertiary/aromatic N) is 2. The fourth-order valence-electron chi connectivity index (χ4n) is 1.50. The Kier molecular flexibility index (Phi) is 4.21. The first-order valence-corrected chi connectivity index (χ1v) is 6.14. The average Bonchev–Trinajstić information content (AvgIpc) is 2.92. The lowest BCUT2D eigenvalue weighted by molar-refractivity contribution is -0.384. The maximum atomic E-state index is 12.0. The molecule has 1 amide bonds. The van der Waals surface area contributed by atoms with E-state index in [0.717, 1.165) is 12.1 Å². The first-order chi connectivity index (χ1) is 9.49. The number of nitro benzene ring substituents is 1. The van der Waals surface area contributed by atoms with Gasteiger partial charge in [-0.25, -0.2) is 4.98 Å². The lowest BCUT2D eigenvalue weighted by Gasteiger charge is -2.06.